The number of aliphatic hydroxyl groups is 1. The van der Waals surface area contributed by atoms with Gasteiger partial charge in [-0.15, -0.1) is 0 Å². The van der Waals surface area contributed by atoms with E-state index in [1.54, 1.807) is 17.9 Å². The summed E-state index contributed by atoms with van der Waals surface area (Å²) in [5, 5.41) is 13.5. The van der Waals surface area contributed by atoms with Crippen LogP contribution >= 0.6 is 11.6 Å². The zero-order valence-electron chi connectivity index (χ0n) is 11.7. The van der Waals surface area contributed by atoms with Crippen LogP contribution in [-0.4, -0.2) is 23.3 Å². The minimum Gasteiger partial charge on any atom is -0.392 e. The van der Waals surface area contributed by atoms with Gasteiger partial charge < -0.3 is 5.11 Å². The molecule has 2 rings (SSSR count). The van der Waals surface area contributed by atoms with Crippen molar-refractivity contribution in [1.29, 1.82) is 0 Å². The van der Waals surface area contributed by atoms with E-state index in [9.17, 15) is 8.42 Å². The molecule has 0 amide bonds. The fourth-order valence-electron chi connectivity index (χ4n) is 1.81. The molecule has 0 radical (unpaired) electrons. The smallest absolute Gasteiger partial charge is 0.240 e. The first-order valence-electron chi connectivity index (χ1n) is 6.21. The maximum absolute atomic E-state index is 12.2. The Morgan fingerprint density at radius 1 is 1.38 bits per heavy atom. The number of aliphatic hydroxyl groups excluding tert-OH is 1. The van der Waals surface area contributed by atoms with Crippen LogP contribution in [0.3, 0.4) is 0 Å². The molecule has 114 valence electrons. The number of hydrogen-bond donors (Lipinski definition) is 2. The monoisotopic (exact) mass is 329 g/mol. The highest BCUT2D eigenvalue weighted by atomic mass is 35.5. The summed E-state index contributed by atoms with van der Waals surface area (Å²) in [5.41, 5.74) is 2.07. The predicted molar refractivity (Wildman–Crippen MR) is 79.3 cm³/mol. The lowest BCUT2D eigenvalue weighted by Gasteiger charge is -2.08. The van der Waals surface area contributed by atoms with Crippen molar-refractivity contribution < 1.29 is 13.5 Å². The van der Waals surface area contributed by atoms with Gasteiger partial charge in [-0.1, -0.05) is 11.6 Å². The number of halogens is 1. The quantitative estimate of drug-likeness (QED) is 0.867. The number of rotatable bonds is 5. The van der Waals surface area contributed by atoms with Crippen molar-refractivity contribution in [2.24, 2.45) is 7.05 Å². The van der Waals surface area contributed by atoms with Crippen molar-refractivity contribution in [3.05, 3.63) is 46.2 Å². The summed E-state index contributed by atoms with van der Waals surface area (Å²) in [5.74, 6) is 0. The van der Waals surface area contributed by atoms with E-state index in [0.29, 0.717) is 10.6 Å². The van der Waals surface area contributed by atoms with E-state index in [2.05, 4.69) is 9.82 Å². The van der Waals surface area contributed by atoms with Gasteiger partial charge in [-0.2, -0.15) is 5.10 Å². The van der Waals surface area contributed by atoms with Crippen molar-refractivity contribution in [2.45, 2.75) is 25.0 Å². The molecule has 0 fully saturated rings. The van der Waals surface area contributed by atoms with Gasteiger partial charge >= 0.3 is 0 Å². The molecular formula is C13H16ClN3O3S. The SMILES string of the molecule is Cc1c(CNS(=O)(=O)c2ccc(Cl)c(CO)c2)cnn1C. The molecule has 0 bridgehead atoms. The normalized spacial score (nSPS) is 11.8. The zero-order valence-corrected chi connectivity index (χ0v) is 13.2. The van der Waals surface area contributed by atoms with Crippen LogP contribution in [-0.2, 0) is 30.2 Å². The second-order valence-electron chi connectivity index (χ2n) is 4.61. The molecule has 0 saturated carbocycles. The van der Waals surface area contributed by atoms with Gasteiger partial charge in [-0.05, 0) is 30.7 Å². The second kappa shape index (κ2) is 6.15. The molecule has 2 N–H and O–H groups in total. The van der Waals surface area contributed by atoms with Gasteiger partial charge in [0.1, 0.15) is 0 Å². The molecule has 0 aliphatic carbocycles. The summed E-state index contributed by atoms with van der Waals surface area (Å²) in [6, 6.07) is 4.22. The van der Waals surface area contributed by atoms with E-state index in [0.717, 1.165) is 11.3 Å². The van der Waals surface area contributed by atoms with Crippen LogP contribution < -0.4 is 4.72 Å². The predicted octanol–water partition coefficient (Wildman–Crippen LogP) is 1.35. The molecule has 0 spiro atoms. The van der Waals surface area contributed by atoms with Crippen molar-refractivity contribution in [3.63, 3.8) is 0 Å². The molecule has 1 aromatic carbocycles. The molecule has 21 heavy (non-hydrogen) atoms. The van der Waals surface area contributed by atoms with Crippen LogP contribution in [0.5, 0.6) is 0 Å². The lowest BCUT2D eigenvalue weighted by molar-refractivity contribution is 0.281. The van der Waals surface area contributed by atoms with E-state index in [1.807, 2.05) is 6.92 Å². The van der Waals surface area contributed by atoms with Crippen molar-refractivity contribution in [1.82, 2.24) is 14.5 Å². The number of nitrogens with zero attached hydrogens (tertiary/aromatic N) is 2. The first-order chi connectivity index (χ1) is 9.85. The summed E-state index contributed by atoms with van der Waals surface area (Å²) >= 11 is 5.86. The molecule has 0 saturated heterocycles. The molecule has 0 unspecified atom stereocenters. The molecule has 2 aromatic rings. The first kappa shape index (κ1) is 16.0. The number of hydrogen-bond acceptors (Lipinski definition) is 4. The molecule has 1 aromatic heterocycles. The summed E-state index contributed by atoms with van der Waals surface area (Å²) in [7, 11) is -1.88. The number of sulfonamides is 1. The van der Waals surface area contributed by atoms with Crippen LogP contribution in [0.4, 0.5) is 0 Å². The number of aryl methyl sites for hydroxylation is 1. The van der Waals surface area contributed by atoms with Crippen LogP contribution in [0.1, 0.15) is 16.8 Å². The Morgan fingerprint density at radius 3 is 2.67 bits per heavy atom. The Hall–Kier alpha value is -1.41. The average Bonchev–Trinajstić information content (AvgIpc) is 2.77. The molecule has 6 nitrogen and oxygen atoms in total. The van der Waals surface area contributed by atoms with Crippen molar-refractivity contribution in [2.75, 3.05) is 0 Å². The van der Waals surface area contributed by atoms with Crippen LogP contribution in [0.2, 0.25) is 5.02 Å². The van der Waals surface area contributed by atoms with Crippen LogP contribution in [0.25, 0.3) is 0 Å². The van der Waals surface area contributed by atoms with E-state index in [1.165, 1.54) is 18.2 Å². The summed E-state index contributed by atoms with van der Waals surface area (Å²) < 4.78 is 28.7. The van der Waals surface area contributed by atoms with Gasteiger partial charge in [0, 0.05) is 29.9 Å². The Morgan fingerprint density at radius 2 is 2.10 bits per heavy atom. The Kier molecular flexibility index (Phi) is 4.67. The van der Waals surface area contributed by atoms with Gasteiger partial charge in [-0.3, -0.25) is 4.68 Å². The van der Waals surface area contributed by atoms with E-state index < -0.39 is 10.0 Å². The molecule has 1 heterocycles. The maximum Gasteiger partial charge on any atom is 0.240 e. The fourth-order valence-corrected chi connectivity index (χ4v) is 3.05. The average molecular weight is 330 g/mol. The Bertz CT molecular complexity index is 756. The third-order valence-corrected chi connectivity index (χ3v) is 5.06. The largest absolute Gasteiger partial charge is 0.392 e. The van der Waals surface area contributed by atoms with Gasteiger partial charge in [-0.25, -0.2) is 13.1 Å². The summed E-state index contributed by atoms with van der Waals surface area (Å²) in [4.78, 5) is 0.0671. The fraction of sp³-hybridized carbons (Fsp3) is 0.308. The highest BCUT2D eigenvalue weighted by molar-refractivity contribution is 7.89. The van der Waals surface area contributed by atoms with E-state index in [-0.39, 0.29) is 18.0 Å². The van der Waals surface area contributed by atoms with E-state index >= 15 is 0 Å². The standard InChI is InChI=1S/C13H16ClN3O3S/c1-9-11(6-15-17(9)2)7-16-21(19,20)12-3-4-13(14)10(5-12)8-18/h3-6,16,18H,7-8H2,1-2H3. The first-order valence-corrected chi connectivity index (χ1v) is 8.07. The van der Waals surface area contributed by atoms with Crippen molar-refractivity contribution in [3.8, 4) is 0 Å². The third kappa shape index (κ3) is 3.44. The van der Waals surface area contributed by atoms with E-state index in [4.69, 9.17) is 16.7 Å². The zero-order chi connectivity index (χ0) is 15.6. The topological polar surface area (TPSA) is 84.2 Å². The Balaban J connectivity index is 2.20. The molecular weight excluding hydrogens is 314 g/mol. The number of nitrogens with one attached hydrogen (secondary N) is 1. The Labute approximate surface area is 128 Å². The van der Waals surface area contributed by atoms with Gasteiger partial charge in [0.05, 0.1) is 17.7 Å². The lowest BCUT2D eigenvalue weighted by Crippen LogP contribution is -2.23. The van der Waals surface area contributed by atoms with Gasteiger partial charge in [0.25, 0.3) is 0 Å². The third-order valence-electron chi connectivity index (χ3n) is 3.29. The molecule has 0 atom stereocenters. The molecule has 0 aliphatic rings. The van der Waals surface area contributed by atoms with Crippen LogP contribution in [0, 0.1) is 6.92 Å². The highest BCUT2D eigenvalue weighted by Crippen LogP contribution is 2.20. The minimum atomic E-state index is -3.67. The van der Waals surface area contributed by atoms with Crippen molar-refractivity contribution >= 4 is 21.6 Å². The summed E-state index contributed by atoms with van der Waals surface area (Å²) in [6.07, 6.45) is 1.62. The lowest BCUT2D eigenvalue weighted by atomic mass is 10.2. The second-order valence-corrected chi connectivity index (χ2v) is 6.79. The molecule has 0 aliphatic heterocycles. The summed E-state index contributed by atoms with van der Waals surface area (Å²) in [6.45, 7) is 1.70. The highest BCUT2D eigenvalue weighted by Gasteiger charge is 2.16. The molecule has 8 heteroatoms. The van der Waals surface area contributed by atoms with Gasteiger partial charge in [0.15, 0.2) is 0 Å². The number of aromatic nitrogens is 2. The van der Waals surface area contributed by atoms with Crippen LogP contribution in [0.15, 0.2) is 29.3 Å². The maximum atomic E-state index is 12.2. The van der Waals surface area contributed by atoms with Gasteiger partial charge in [0.2, 0.25) is 10.0 Å². The number of benzene rings is 1. The minimum absolute atomic E-state index is 0.0671.